The van der Waals surface area contributed by atoms with Gasteiger partial charge >= 0.3 is 5.97 Å². The summed E-state index contributed by atoms with van der Waals surface area (Å²) in [5, 5.41) is 9.63. The van der Waals surface area contributed by atoms with Crippen LogP contribution in [0.2, 0.25) is 5.02 Å². The minimum absolute atomic E-state index is 0.161. The molecule has 0 aliphatic carbocycles. The van der Waals surface area contributed by atoms with Crippen LogP contribution in [0.5, 0.6) is 5.75 Å². The Morgan fingerprint density at radius 2 is 1.80 bits per heavy atom. The zero-order valence-corrected chi connectivity index (χ0v) is 17.0. The van der Waals surface area contributed by atoms with Gasteiger partial charge in [-0.15, -0.1) is 0 Å². The number of hydrogen-bond donors (Lipinski definition) is 1. The van der Waals surface area contributed by atoms with E-state index in [0.717, 1.165) is 5.56 Å². The van der Waals surface area contributed by atoms with Crippen molar-refractivity contribution >= 4 is 29.7 Å². The Hall–Kier alpha value is -3.62. The maximum Gasteiger partial charge on any atom is 0.336 e. The first-order valence-electron chi connectivity index (χ1n) is 8.95. The van der Waals surface area contributed by atoms with E-state index < -0.39 is 11.8 Å². The normalized spacial score (nSPS) is 10.5. The summed E-state index contributed by atoms with van der Waals surface area (Å²) in [6, 6.07) is 14.4. The highest BCUT2D eigenvalue weighted by atomic mass is 35.5. The number of aromatic carboxylic acids is 1. The lowest BCUT2D eigenvalue weighted by atomic mass is 10.1. The summed E-state index contributed by atoms with van der Waals surface area (Å²) in [6.45, 7) is 3.54. The quantitative estimate of drug-likeness (QED) is 0.322. The molecule has 3 aromatic rings. The fourth-order valence-electron chi connectivity index (χ4n) is 2.64. The summed E-state index contributed by atoms with van der Waals surface area (Å²) in [5.74, 6) is 4.57. The van der Waals surface area contributed by atoms with Crippen LogP contribution in [0.25, 0.3) is 0 Å². The molecular formula is C24H17ClFNO3. The van der Waals surface area contributed by atoms with Crippen molar-refractivity contribution in [1.29, 1.82) is 0 Å². The molecule has 0 amide bonds. The summed E-state index contributed by atoms with van der Waals surface area (Å²) in [5.41, 5.74) is 2.94. The van der Waals surface area contributed by atoms with E-state index in [9.17, 15) is 14.3 Å². The van der Waals surface area contributed by atoms with Crippen LogP contribution in [0.4, 0.5) is 10.1 Å². The summed E-state index contributed by atoms with van der Waals surface area (Å²) in [7, 11) is 0. The van der Waals surface area contributed by atoms with Crippen LogP contribution < -0.4 is 4.74 Å². The second-order valence-electron chi connectivity index (χ2n) is 6.48. The molecule has 0 radical (unpaired) electrons. The Balaban J connectivity index is 1.84. The highest BCUT2D eigenvalue weighted by Crippen LogP contribution is 2.26. The Morgan fingerprint density at radius 1 is 1.07 bits per heavy atom. The molecule has 0 aliphatic heterocycles. The van der Waals surface area contributed by atoms with Gasteiger partial charge in [-0.3, -0.25) is 0 Å². The molecule has 3 aromatic carbocycles. The van der Waals surface area contributed by atoms with E-state index in [1.165, 1.54) is 18.5 Å². The van der Waals surface area contributed by atoms with E-state index in [0.29, 0.717) is 27.6 Å². The third-order valence-electron chi connectivity index (χ3n) is 4.31. The number of rotatable bonds is 4. The number of ether oxygens (including phenoxy) is 1. The molecule has 3 rings (SSSR count). The van der Waals surface area contributed by atoms with E-state index in [1.54, 1.807) is 49.4 Å². The molecule has 0 aliphatic rings. The van der Waals surface area contributed by atoms with Gasteiger partial charge in [0.15, 0.2) is 6.40 Å². The Bertz CT molecular complexity index is 1210. The van der Waals surface area contributed by atoms with Crippen LogP contribution in [0.15, 0.2) is 59.6 Å². The third kappa shape index (κ3) is 5.05. The molecule has 1 N–H and O–H groups in total. The van der Waals surface area contributed by atoms with Crippen molar-refractivity contribution in [3.8, 4) is 17.6 Å². The van der Waals surface area contributed by atoms with E-state index in [1.807, 2.05) is 6.92 Å². The van der Waals surface area contributed by atoms with Crippen molar-refractivity contribution in [3.63, 3.8) is 0 Å². The van der Waals surface area contributed by atoms with E-state index in [4.69, 9.17) is 16.3 Å². The van der Waals surface area contributed by atoms with Gasteiger partial charge in [-0.25, -0.2) is 14.2 Å². The molecule has 0 fully saturated rings. The number of benzene rings is 3. The van der Waals surface area contributed by atoms with Gasteiger partial charge in [0.2, 0.25) is 0 Å². The lowest BCUT2D eigenvalue weighted by molar-refractivity contribution is 0.0696. The van der Waals surface area contributed by atoms with Crippen LogP contribution >= 0.6 is 11.6 Å². The summed E-state index contributed by atoms with van der Waals surface area (Å²) < 4.78 is 19.2. The van der Waals surface area contributed by atoms with Gasteiger partial charge < -0.3 is 9.84 Å². The zero-order chi connectivity index (χ0) is 21.7. The minimum Gasteiger partial charge on any atom is -0.478 e. The molecule has 150 valence electrons. The molecule has 6 heteroatoms. The second kappa shape index (κ2) is 9.25. The monoisotopic (exact) mass is 421 g/mol. The smallest absolute Gasteiger partial charge is 0.336 e. The van der Waals surface area contributed by atoms with Crippen molar-refractivity contribution < 1.29 is 19.0 Å². The number of aryl methyl sites for hydroxylation is 2. The van der Waals surface area contributed by atoms with Crippen LogP contribution in [0.1, 0.15) is 32.6 Å². The number of carbonyl (C=O) groups is 1. The topological polar surface area (TPSA) is 58.9 Å². The standard InChI is InChI=1S/C24H17ClFNO3/c1-15-7-10-19(13-20(15)24(28)29)30-14-27-23-12-18(21(25)11-16(23)2)9-8-17-5-3-4-6-22(17)26/h3-7,10-14H,1-2H3,(H,28,29)/b27-14+. The number of hydrogen-bond acceptors (Lipinski definition) is 3. The Labute approximate surface area is 178 Å². The molecule has 30 heavy (non-hydrogen) atoms. The van der Waals surface area contributed by atoms with Crippen molar-refractivity contribution in [2.24, 2.45) is 4.99 Å². The van der Waals surface area contributed by atoms with Gasteiger partial charge in [-0.2, -0.15) is 0 Å². The second-order valence-corrected chi connectivity index (χ2v) is 6.89. The molecule has 4 nitrogen and oxygen atoms in total. The van der Waals surface area contributed by atoms with E-state index in [-0.39, 0.29) is 11.1 Å². The Morgan fingerprint density at radius 3 is 2.53 bits per heavy atom. The molecule has 0 bridgehead atoms. The molecule has 0 atom stereocenters. The number of nitrogens with zero attached hydrogens (tertiary/aromatic N) is 1. The SMILES string of the molecule is Cc1cc(Cl)c(C#Cc2ccccc2F)cc1/N=C/Oc1ccc(C)c(C(=O)O)c1. The number of carboxylic acid groups (broad SMARTS) is 1. The number of aliphatic imine (C=N–C) groups is 1. The van der Waals surface area contributed by atoms with Gasteiger partial charge in [0, 0.05) is 5.56 Å². The van der Waals surface area contributed by atoms with Crippen LogP contribution in [0, 0.1) is 31.5 Å². The average molecular weight is 422 g/mol. The van der Waals surface area contributed by atoms with Crippen molar-refractivity contribution in [2.45, 2.75) is 13.8 Å². The average Bonchev–Trinajstić information content (AvgIpc) is 2.71. The molecular weight excluding hydrogens is 405 g/mol. The van der Waals surface area contributed by atoms with Gasteiger partial charge in [-0.1, -0.05) is 41.6 Å². The van der Waals surface area contributed by atoms with Gasteiger partial charge in [0.1, 0.15) is 11.6 Å². The number of halogens is 2. The van der Waals surface area contributed by atoms with Gasteiger partial charge in [0.05, 0.1) is 21.8 Å². The van der Waals surface area contributed by atoms with Crippen LogP contribution in [0.3, 0.4) is 0 Å². The van der Waals surface area contributed by atoms with Crippen molar-refractivity contribution in [3.05, 3.63) is 93.3 Å². The molecule has 0 unspecified atom stereocenters. The minimum atomic E-state index is -1.03. The van der Waals surface area contributed by atoms with Gasteiger partial charge in [0.25, 0.3) is 0 Å². The maximum atomic E-state index is 13.8. The zero-order valence-electron chi connectivity index (χ0n) is 16.2. The first kappa shape index (κ1) is 21.1. The first-order chi connectivity index (χ1) is 14.3. The fraction of sp³-hybridized carbons (Fsp3) is 0.0833. The summed E-state index contributed by atoms with van der Waals surface area (Å²) in [6.07, 6.45) is 1.22. The predicted molar refractivity (Wildman–Crippen MR) is 115 cm³/mol. The molecule has 0 saturated carbocycles. The summed E-state index contributed by atoms with van der Waals surface area (Å²) >= 11 is 6.26. The van der Waals surface area contributed by atoms with Crippen molar-refractivity contribution in [1.82, 2.24) is 0 Å². The maximum absolute atomic E-state index is 13.8. The first-order valence-corrected chi connectivity index (χ1v) is 9.33. The van der Waals surface area contributed by atoms with Gasteiger partial charge in [-0.05, 0) is 61.4 Å². The predicted octanol–water partition coefficient (Wildman–Crippen LogP) is 5.93. The third-order valence-corrected chi connectivity index (χ3v) is 4.62. The summed E-state index contributed by atoms with van der Waals surface area (Å²) in [4.78, 5) is 15.5. The van der Waals surface area contributed by atoms with Crippen LogP contribution in [-0.2, 0) is 0 Å². The fourth-order valence-corrected chi connectivity index (χ4v) is 2.91. The molecule has 0 saturated heterocycles. The lowest BCUT2D eigenvalue weighted by Gasteiger charge is -2.06. The lowest BCUT2D eigenvalue weighted by Crippen LogP contribution is -2.00. The van der Waals surface area contributed by atoms with Crippen molar-refractivity contribution in [2.75, 3.05) is 0 Å². The highest BCUT2D eigenvalue weighted by molar-refractivity contribution is 6.32. The van der Waals surface area contributed by atoms with E-state index in [2.05, 4.69) is 16.8 Å². The highest BCUT2D eigenvalue weighted by Gasteiger charge is 2.08. The van der Waals surface area contributed by atoms with Crippen LogP contribution in [-0.4, -0.2) is 17.5 Å². The molecule has 0 spiro atoms. The van der Waals surface area contributed by atoms with E-state index >= 15 is 0 Å². The number of carboxylic acids is 1. The Kier molecular flexibility index (Phi) is 6.51. The molecule has 0 heterocycles. The molecule has 0 aromatic heterocycles. The largest absolute Gasteiger partial charge is 0.478 e.